The zero-order chi connectivity index (χ0) is 12.2. The summed E-state index contributed by atoms with van der Waals surface area (Å²) in [6.45, 7) is 5.59. The number of ether oxygens (including phenoxy) is 1. The van der Waals surface area contributed by atoms with Gasteiger partial charge < -0.3 is 20.1 Å². The number of nitrogens with one attached hydrogen (secondary N) is 1. The van der Waals surface area contributed by atoms with E-state index in [-0.39, 0.29) is 24.2 Å². The van der Waals surface area contributed by atoms with Gasteiger partial charge in [0.2, 0.25) is 5.91 Å². The van der Waals surface area contributed by atoms with Gasteiger partial charge in [-0.25, -0.2) is 0 Å². The highest BCUT2D eigenvalue weighted by molar-refractivity contribution is 5.76. The Morgan fingerprint density at radius 1 is 1.62 bits per heavy atom. The molecule has 1 fully saturated rings. The monoisotopic (exact) mass is 230 g/mol. The third kappa shape index (κ3) is 3.73. The summed E-state index contributed by atoms with van der Waals surface area (Å²) in [6, 6.07) is 0. The maximum Gasteiger partial charge on any atom is 0.224 e. The van der Waals surface area contributed by atoms with E-state index in [1.807, 2.05) is 20.9 Å². The number of carbonyl (C=O) groups is 1. The van der Waals surface area contributed by atoms with Crippen molar-refractivity contribution >= 4 is 5.91 Å². The molecule has 94 valence electrons. The predicted octanol–water partition coefficient (Wildman–Crippen LogP) is -0.406. The molecule has 0 aromatic carbocycles. The van der Waals surface area contributed by atoms with E-state index in [9.17, 15) is 4.79 Å². The minimum Gasteiger partial charge on any atom is -0.394 e. The second-order valence-corrected chi connectivity index (χ2v) is 4.81. The third-order valence-electron chi connectivity index (χ3n) is 2.63. The zero-order valence-corrected chi connectivity index (χ0v) is 10.3. The maximum atomic E-state index is 11.9. The molecule has 0 radical (unpaired) electrons. The molecule has 1 unspecified atom stereocenters. The topological polar surface area (TPSA) is 61.8 Å². The van der Waals surface area contributed by atoms with Crippen LogP contribution in [0.25, 0.3) is 0 Å². The molecule has 1 amide bonds. The van der Waals surface area contributed by atoms with E-state index < -0.39 is 0 Å². The molecule has 1 heterocycles. The number of amides is 1. The van der Waals surface area contributed by atoms with Crippen molar-refractivity contribution in [2.24, 2.45) is 0 Å². The molecular formula is C11H22N2O3. The largest absolute Gasteiger partial charge is 0.394 e. The number of morpholine rings is 1. The number of aliphatic hydroxyl groups is 1. The fourth-order valence-corrected chi connectivity index (χ4v) is 1.97. The van der Waals surface area contributed by atoms with Crippen LogP contribution < -0.4 is 5.32 Å². The van der Waals surface area contributed by atoms with Crippen molar-refractivity contribution < 1.29 is 14.6 Å². The maximum absolute atomic E-state index is 11.9. The number of carbonyl (C=O) groups excluding carboxylic acids is 1. The summed E-state index contributed by atoms with van der Waals surface area (Å²) in [6.07, 6.45) is 0.229. The van der Waals surface area contributed by atoms with Crippen LogP contribution >= 0.6 is 0 Å². The average molecular weight is 230 g/mol. The molecule has 0 bridgehead atoms. The normalized spacial score (nSPS) is 24.5. The molecule has 0 aliphatic carbocycles. The van der Waals surface area contributed by atoms with Crippen molar-refractivity contribution in [2.45, 2.75) is 32.0 Å². The summed E-state index contributed by atoms with van der Waals surface area (Å²) in [5.74, 6) is 0.115. The molecule has 0 aromatic heterocycles. The van der Waals surface area contributed by atoms with Crippen LogP contribution in [0.15, 0.2) is 0 Å². The van der Waals surface area contributed by atoms with E-state index in [1.54, 1.807) is 4.90 Å². The molecule has 1 rings (SSSR count). The van der Waals surface area contributed by atoms with Gasteiger partial charge in [-0.1, -0.05) is 0 Å². The molecule has 0 spiro atoms. The van der Waals surface area contributed by atoms with Crippen molar-refractivity contribution in [1.82, 2.24) is 10.2 Å². The molecule has 2 N–H and O–H groups in total. The SMILES string of the molecule is CNCCC(=O)N1CC(CO)OC(C)(C)C1. The molecule has 0 aromatic rings. The summed E-state index contributed by atoms with van der Waals surface area (Å²) in [5.41, 5.74) is -0.374. The van der Waals surface area contributed by atoms with Gasteiger partial charge in [-0.2, -0.15) is 0 Å². The quantitative estimate of drug-likeness (QED) is 0.689. The fraction of sp³-hybridized carbons (Fsp3) is 0.909. The Morgan fingerprint density at radius 3 is 2.88 bits per heavy atom. The highest BCUT2D eigenvalue weighted by Gasteiger charge is 2.34. The molecular weight excluding hydrogens is 208 g/mol. The van der Waals surface area contributed by atoms with Gasteiger partial charge >= 0.3 is 0 Å². The van der Waals surface area contributed by atoms with E-state index in [2.05, 4.69) is 5.32 Å². The van der Waals surface area contributed by atoms with Crippen molar-refractivity contribution in [3.63, 3.8) is 0 Å². The molecule has 16 heavy (non-hydrogen) atoms. The summed E-state index contributed by atoms with van der Waals surface area (Å²) in [4.78, 5) is 13.6. The van der Waals surface area contributed by atoms with Gasteiger partial charge in [-0.15, -0.1) is 0 Å². The molecule has 5 heteroatoms. The first-order valence-corrected chi connectivity index (χ1v) is 5.69. The van der Waals surface area contributed by atoms with E-state index in [0.29, 0.717) is 26.1 Å². The Hall–Kier alpha value is -0.650. The zero-order valence-electron chi connectivity index (χ0n) is 10.3. The molecule has 1 aliphatic rings. The minimum atomic E-state index is -0.374. The number of rotatable bonds is 4. The molecule has 1 aliphatic heterocycles. The Balaban J connectivity index is 2.55. The molecule has 1 saturated heterocycles. The van der Waals surface area contributed by atoms with Crippen molar-refractivity contribution in [3.05, 3.63) is 0 Å². The van der Waals surface area contributed by atoms with Gasteiger partial charge in [0, 0.05) is 26.1 Å². The van der Waals surface area contributed by atoms with Crippen molar-refractivity contribution in [3.8, 4) is 0 Å². The summed E-state index contributed by atoms with van der Waals surface area (Å²) < 4.78 is 5.65. The number of aliphatic hydroxyl groups excluding tert-OH is 1. The van der Waals surface area contributed by atoms with Crippen LogP contribution in [0.4, 0.5) is 0 Å². The van der Waals surface area contributed by atoms with E-state index >= 15 is 0 Å². The Morgan fingerprint density at radius 2 is 2.31 bits per heavy atom. The Bertz CT molecular complexity index is 243. The van der Waals surface area contributed by atoms with Crippen molar-refractivity contribution in [1.29, 1.82) is 0 Å². The number of hydrogen-bond acceptors (Lipinski definition) is 4. The first kappa shape index (κ1) is 13.4. The van der Waals surface area contributed by atoms with Gasteiger partial charge in [-0.3, -0.25) is 4.79 Å². The smallest absolute Gasteiger partial charge is 0.224 e. The summed E-state index contributed by atoms with van der Waals surface area (Å²) >= 11 is 0. The van der Waals surface area contributed by atoms with Gasteiger partial charge in [-0.05, 0) is 20.9 Å². The van der Waals surface area contributed by atoms with Gasteiger partial charge in [0.05, 0.1) is 18.3 Å². The second kappa shape index (κ2) is 5.61. The average Bonchev–Trinajstić information content (AvgIpc) is 2.23. The predicted molar refractivity (Wildman–Crippen MR) is 61.2 cm³/mol. The minimum absolute atomic E-state index is 0.0424. The third-order valence-corrected chi connectivity index (χ3v) is 2.63. The first-order valence-electron chi connectivity index (χ1n) is 5.69. The number of hydrogen-bond donors (Lipinski definition) is 2. The highest BCUT2D eigenvalue weighted by Crippen LogP contribution is 2.21. The van der Waals surface area contributed by atoms with E-state index in [0.717, 1.165) is 0 Å². The Kier molecular flexibility index (Phi) is 4.70. The van der Waals surface area contributed by atoms with Crippen LogP contribution in [0.2, 0.25) is 0 Å². The van der Waals surface area contributed by atoms with Gasteiger partial charge in [0.15, 0.2) is 0 Å². The highest BCUT2D eigenvalue weighted by atomic mass is 16.5. The van der Waals surface area contributed by atoms with Crippen LogP contribution in [-0.4, -0.2) is 60.9 Å². The van der Waals surface area contributed by atoms with Gasteiger partial charge in [0.25, 0.3) is 0 Å². The van der Waals surface area contributed by atoms with Crippen LogP contribution in [0.5, 0.6) is 0 Å². The Labute approximate surface area is 96.8 Å². The van der Waals surface area contributed by atoms with E-state index in [1.165, 1.54) is 0 Å². The standard InChI is InChI=1S/C11H22N2O3/c1-11(2)8-13(6-9(7-14)16-11)10(15)4-5-12-3/h9,12,14H,4-8H2,1-3H3. The molecule has 0 saturated carbocycles. The van der Waals surface area contributed by atoms with Crippen molar-refractivity contribution in [2.75, 3.05) is 33.3 Å². The van der Waals surface area contributed by atoms with Crippen LogP contribution in [0.3, 0.4) is 0 Å². The lowest BCUT2D eigenvalue weighted by Gasteiger charge is -2.42. The summed E-state index contributed by atoms with van der Waals surface area (Å²) in [5, 5.41) is 12.1. The first-order chi connectivity index (χ1) is 7.48. The lowest BCUT2D eigenvalue weighted by molar-refractivity contribution is -0.166. The van der Waals surface area contributed by atoms with Crippen LogP contribution in [0, 0.1) is 0 Å². The summed E-state index contributed by atoms with van der Waals surface area (Å²) in [7, 11) is 1.83. The van der Waals surface area contributed by atoms with Crippen LogP contribution in [-0.2, 0) is 9.53 Å². The van der Waals surface area contributed by atoms with E-state index in [4.69, 9.17) is 9.84 Å². The second-order valence-electron chi connectivity index (χ2n) is 4.81. The molecule has 5 nitrogen and oxygen atoms in total. The number of nitrogens with zero attached hydrogens (tertiary/aromatic N) is 1. The van der Waals surface area contributed by atoms with Crippen LogP contribution in [0.1, 0.15) is 20.3 Å². The lowest BCUT2D eigenvalue weighted by atomic mass is 10.0. The molecule has 1 atom stereocenters. The van der Waals surface area contributed by atoms with Gasteiger partial charge in [0.1, 0.15) is 0 Å². The lowest BCUT2D eigenvalue weighted by Crippen LogP contribution is -2.55. The fourth-order valence-electron chi connectivity index (χ4n) is 1.97.